The van der Waals surface area contributed by atoms with Crippen molar-refractivity contribution in [3.05, 3.63) is 99.6 Å². The van der Waals surface area contributed by atoms with Crippen LogP contribution >= 0.6 is 0 Å². The largest absolute Gasteiger partial charge is 0.355 e. The van der Waals surface area contributed by atoms with Crippen LogP contribution < -0.4 is 10.5 Å². The number of rotatable bonds is 4. The lowest BCUT2D eigenvalue weighted by Crippen LogP contribution is -2.35. The molecule has 4 aromatic rings. The van der Waals surface area contributed by atoms with Gasteiger partial charge in [-0.25, -0.2) is 10.1 Å². The van der Waals surface area contributed by atoms with Crippen LogP contribution in [-0.4, -0.2) is 52.2 Å². The van der Waals surface area contributed by atoms with E-state index >= 15 is 0 Å². The Labute approximate surface area is 198 Å². The third-order valence-corrected chi connectivity index (χ3v) is 6.37. The summed E-state index contributed by atoms with van der Waals surface area (Å²) >= 11 is 0. The lowest BCUT2D eigenvalue weighted by Gasteiger charge is -2.23. The predicted octanol–water partition coefficient (Wildman–Crippen LogP) is 3.57. The van der Waals surface area contributed by atoms with Gasteiger partial charge in [-0.05, 0) is 60.7 Å². The molecule has 0 atom stereocenters. The molecule has 34 heavy (non-hydrogen) atoms. The van der Waals surface area contributed by atoms with E-state index in [2.05, 4.69) is 26.1 Å². The smallest absolute Gasteiger partial charge is 0.272 e. The Morgan fingerprint density at radius 3 is 2.71 bits per heavy atom. The molecule has 1 aliphatic heterocycles. The molecule has 1 saturated heterocycles. The number of nitrogens with one attached hydrogen (secondary N) is 1. The second-order valence-electron chi connectivity index (χ2n) is 8.78. The maximum absolute atomic E-state index is 13.3. The van der Waals surface area contributed by atoms with E-state index in [1.54, 1.807) is 12.3 Å². The molecule has 0 unspecified atom stereocenters. The van der Waals surface area contributed by atoms with Gasteiger partial charge < -0.3 is 9.80 Å². The molecule has 1 fully saturated rings. The molecule has 7 nitrogen and oxygen atoms in total. The topological polar surface area (TPSA) is 82.2 Å². The number of pyridine rings is 1. The number of H-pyrrole nitrogens is 1. The Morgan fingerprint density at radius 1 is 0.971 bits per heavy atom. The summed E-state index contributed by atoms with van der Waals surface area (Å²) in [5, 5.41) is 7.90. The molecule has 0 bridgehead atoms. The maximum Gasteiger partial charge on any atom is 0.272 e. The van der Waals surface area contributed by atoms with Crippen molar-refractivity contribution in [2.45, 2.75) is 19.8 Å². The SMILES string of the molecule is Cc1ccc(N2CCCN(C(=O)c3cccc(Cc4cccc5c(=O)[nH]ncc45)c3)CC2)nc1. The third-order valence-electron chi connectivity index (χ3n) is 6.37. The number of fused-ring (bicyclic) bond motifs is 1. The van der Waals surface area contributed by atoms with Crippen LogP contribution in [0.25, 0.3) is 10.8 Å². The fourth-order valence-electron chi connectivity index (χ4n) is 4.55. The quantitative estimate of drug-likeness (QED) is 0.511. The Hall–Kier alpha value is -4.00. The average Bonchev–Trinajstić information content (AvgIpc) is 3.11. The van der Waals surface area contributed by atoms with E-state index < -0.39 is 0 Å². The minimum atomic E-state index is -0.195. The molecule has 1 amide bonds. The molecule has 0 saturated carbocycles. The van der Waals surface area contributed by atoms with Gasteiger partial charge in [-0.15, -0.1) is 0 Å². The lowest BCUT2D eigenvalue weighted by molar-refractivity contribution is 0.0767. The summed E-state index contributed by atoms with van der Waals surface area (Å²) in [7, 11) is 0. The van der Waals surface area contributed by atoms with Crippen molar-refractivity contribution in [2.24, 2.45) is 0 Å². The molecule has 0 aliphatic carbocycles. The highest BCUT2D eigenvalue weighted by Crippen LogP contribution is 2.20. The van der Waals surface area contributed by atoms with E-state index in [-0.39, 0.29) is 11.5 Å². The van der Waals surface area contributed by atoms with Gasteiger partial charge in [-0.1, -0.05) is 30.3 Å². The first kappa shape index (κ1) is 21.8. The molecule has 0 radical (unpaired) electrons. The van der Waals surface area contributed by atoms with Crippen molar-refractivity contribution in [3.63, 3.8) is 0 Å². The van der Waals surface area contributed by atoms with Crippen molar-refractivity contribution in [3.8, 4) is 0 Å². The molecule has 5 rings (SSSR count). The highest BCUT2D eigenvalue weighted by atomic mass is 16.2. The first-order valence-corrected chi connectivity index (χ1v) is 11.6. The summed E-state index contributed by atoms with van der Waals surface area (Å²) in [5.74, 6) is 1.02. The molecule has 0 spiro atoms. The highest BCUT2D eigenvalue weighted by molar-refractivity contribution is 5.94. The van der Waals surface area contributed by atoms with Gasteiger partial charge in [-0.2, -0.15) is 5.10 Å². The van der Waals surface area contributed by atoms with Gasteiger partial charge in [0.25, 0.3) is 11.5 Å². The van der Waals surface area contributed by atoms with Crippen molar-refractivity contribution in [1.82, 2.24) is 20.1 Å². The van der Waals surface area contributed by atoms with Gasteiger partial charge in [0, 0.05) is 43.3 Å². The van der Waals surface area contributed by atoms with Crippen molar-refractivity contribution in [2.75, 3.05) is 31.1 Å². The van der Waals surface area contributed by atoms with Crippen LogP contribution in [0.1, 0.15) is 33.5 Å². The standard InChI is InChI=1S/C27H27N5O2/c1-19-9-10-25(28-17-19)31-11-4-12-32(14-13-31)27(34)22-7-2-5-20(16-22)15-21-6-3-8-23-24(21)18-29-30-26(23)33/h2-3,5-10,16-18H,4,11-15H2,1H3,(H,30,33). The Bertz CT molecular complexity index is 1380. The molecule has 3 heterocycles. The van der Waals surface area contributed by atoms with Crippen molar-refractivity contribution >= 4 is 22.5 Å². The van der Waals surface area contributed by atoms with E-state index in [0.29, 0.717) is 23.9 Å². The van der Waals surface area contributed by atoms with Gasteiger partial charge in [0.1, 0.15) is 5.82 Å². The summed E-state index contributed by atoms with van der Waals surface area (Å²) in [5.41, 5.74) is 3.67. The molecule has 1 aliphatic rings. The van der Waals surface area contributed by atoms with E-state index in [0.717, 1.165) is 53.9 Å². The number of aromatic amines is 1. The van der Waals surface area contributed by atoms with Gasteiger partial charge in [-0.3, -0.25) is 9.59 Å². The fourth-order valence-corrected chi connectivity index (χ4v) is 4.55. The van der Waals surface area contributed by atoms with Crippen LogP contribution in [0.2, 0.25) is 0 Å². The summed E-state index contributed by atoms with van der Waals surface area (Å²) < 4.78 is 0. The fraction of sp³-hybridized carbons (Fsp3) is 0.259. The van der Waals surface area contributed by atoms with Crippen LogP contribution in [0.3, 0.4) is 0 Å². The maximum atomic E-state index is 13.3. The van der Waals surface area contributed by atoms with Crippen LogP contribution in [-0.2, 0) is 6.42 Å². The number of carbonyl (C=O) groups excluding carboxylic acids is 1. The molecule has 2 aromatic carbocycles. The number of benzene rings is 2. The summed E-state index contributed by atoms with van der Waals surface area (Å²) in [6.07, 6.45) is 5.10. The van der Waals surface area contributed by atoms with Crippen molar-refractivity contribution < 1.29 is 4.79 Å². The Kier molecular flexibility index (Phi) is 6.08. The van der Waals surface area contributed by atoms with Crippen LogP contribution in [0.5, 0.6) is 0 Å². The van der Waals surface area contributed by atoms with Crippen LogP contribution in [0, 0.1) is 6.92 Å². The number of nitrogens with zero attached hydrogens (tertiary/aromatic N) is 4. The van der Waals surface area contributed by atoms with Crippen LogP contribution in [0.4, 0.5) is 5.82 Å². The number of aromatic nitrogens is 3. The van der Waals surface area contributed by atoms with E-state index in [1.807, 2.05) is 60.5 Å². The predicted molar refractivity (Wildman–Crippen MR) is 133 cm³/mol. The number of hydrogen-bond donors (Lipinski definition) is 1. The van der Waals surface area contributed by atoms with Gasteiger partial charge >= 0.3 is 0 Å². The van der Waals surface area contributed by atoms with Gasteiger partial charge in [0.2, 0.25) is 0 Å². The Morgan fingerprint density at radius 2 is 1.85 bits per heavy atom. The van der Waals surface area contributed by atoms with E-state index in [1.165, 1.54) is 0 Å². The van der Waals surface area contributed by atoms with Gasteiger partial charge in [0.15, 0.2) is 0 Å². The van der Waals surface area contributed by atoms with E-state index in [9.17, 15) is 9.59 Å². The molecule has 7 heteroatoms. The second-order valence-corrected chi connectivity index (χ2v) is 8.78. The Balaban J connectivity index is 1.31. The number of amides is 1. The zero-order chi connectivity index (χ0) is 23.5. The molecular weight excluding hydrogens is 426 g/mol. The minimum absolute atomic E-state index is 0.0524. The minimum Gasteiger partial charge on any atom is -0.355 e. The first-order chi connectivity index (χ1) is 16.6. The highest BCUT2D eigenvalue weighted by Gasteiger charge is 2.21. The summed E-state index contributed by atoms with van der Waals surface area (Å²) in [4.78, 5) is 34.2. The molecule has 172 valence electrons. The van der Waals surface area contributed by atoms with Crippen LogP contribution in [0.15, 0.2) is 71.8 Å². The monoisotopic (exact) mass is 453 g/mol. The van der Waals surface area contributed by atoms with Crippen molar-refractivity contribution in [1.29, 1.82) is 0 Å². The lowest BCUT2D eigenvalue weighted by atomic mass is 9.99. The second kappa shape index (κ2) is 9.47. The number of aryl methyl sites for hydroxylation is 1. The molecule has 1 N–H and O–H groups in total. The average molecular weight is 454 g/mol. The summed E-state index contributed by atoms with van der Waals surface area (Å²) in [6, 6.07) is 17.6. The van der Waals surface area contributed by atoms with E-state index in [4.69, 9.17) is 0 Å². The number of hydrogen-bond acceptors (Lipinski definition) is 5. The number of carbonyl (C=O) groups is 1. The number of anilines is 1. The zero-order valence-electron chi connectivity index (χ0n) is 19.2. The molecule has 2 aromatic heterocycles. The third kappa shape index (κ3) is 4.55. The first-order valence-electron chi connectivity index (χ1n) is 11.6. The normalized spacial score (nSPS) is 14.3. The van der Waals surface area contributed by atoms with Gasteiger partial charge in [0.05, 0.1) is 11.6 Å². The zero-order valence-corrected chi connectivity index (χ0v) is 19.2. The summed E-state index contributed by atoms with van der Waals surface area (Å²) in [6.45, 7) is 5.07. The molecular formula is C27H27N5O2.